The molecule has 4 nitrogen and oxygen atoms in total. The summed E-state index contributed by atoms with van der Waals surface area (Å²) in [7, 11) is 0. The minimum absolute atomic E-state index is 0.284. The van der Waals surface area contributed by atoms with Crippen LogP contribution < -0.4 is 11.1 Å². The van der Waals surface area contributed by atoms with Crippen molar-refractivity contribution in [1.82, 2.24) is 4.37 Å². The number of nitrogens with zero attached hydrogens (tertiary/aromatic N) is 1. The van der Waals surface area contributed by atoms with Crippen molar-refractivity contribution in [3.05, 3.63) is 5.56 Å². The summed E-state index contributed by atoms with van der Waals surface area (Å²) in [5, 5.41) is 12.9. The minimum atomic E-state index is 0.284. The van der Waals surface area contributed by atoms with E-state index in [1.807, 2.05) is 6.92 Å². The molecule has 14 heavy (non-hydrogen) atoms. The maximum atomic E-state index is 8.59. The van der Waals surface area contributed by atoms with Gasteiger partial charge in [-0.15, -0.1) is 0 Å². The Hall–Kier alpha value is -0.810. The zero-order chi connectivity index (χ0) is 10.4. The van der Waals surface area contributed by atoms with Gasteiger partial charge in [-0.05, 0) is 37.7 Å². The lowest BCUT2D eigenvalue weighted by Gasteiger charge is -2.03. The van der Waals surface area contributed by atoms with E-state index in [1.54, 1.807) is 0 Å². The van der Waals surface area contributed by atoms with Gasteiger partial charge in [0, 0.05) is 18.7 Å². The van der Waals surface area contributed by atoms with Gasteiger partial charge < -0.3 is 16.2 Å². The van der Waals surface area contributed by atoms with Gasteiger partial charge >= 0.3 is 0 Å². The molecule has 1 aromatic heterocycles. The number of nitrogens with two attached hydrogens (primary N) is 1. The molecule has 0 aliphatic heterocycles. The van der Waals surface area contributed by atoms with Crippen molar-refractivity contribution in [3.8, 4) is 0 Å². The predicted molar refractivity (Wildman–Crippen MR) is 60.7 cm³/mol. The Morgan fingerprint density at radius 3 is 2.79 bits per heavy atom. The fourth-order valence-corrected chi connectivity index (χ4v) is 1.86. The Bertz CT molecular complexity index is 275. The smallest absolute Gasteiger partial charge is 0.142 e. The van der Waals surface area contributed by atoms with Gasteiger partial charge in [-0.25, -0.2) is 0 Å². The van der Waals surface area contributed by atoms with Gasteiger partial charge in [-0.3, -0.25) is 0 Å². The van der Waals surface area contributed by atoms with Gasteiger partial charge in [0.1, 0.15) is 10.8 Å². The maximum absolute atomic E-state index is 8.59. The molecule has 0 bridgehead atoms. The molecule has 0 atom stereocenters. The molecule has 0 aromatic carbocycles. The molecule has 80 valence electrons. The molecule has 0 saturated carbocycles. The molecule has 1 rings (SSSR count). The van der Waals surface area contributed by atoms with Gasteiger partial charge in [-0.2, -0.15) is 4.37 Å². The fraction of sp³-hybridized carbons (Fsp3) is 0.667. The average molecular weight is 215 g/mol. The number of rotatable bonds is 6. The van der Waals surface area contributed by atoms with Crippen LogP contribution in [0.5, 0.6) is 0 Å². The SMILES string of the molecule is Cc1c(N)nsc1NCCCCCO. The lowest BCUT2D eigenvalue weighted by molar-refractivity contribution is 0.283. The van der Waals surface area contributed by atoms with Crippen molar-refractivity contribution in [1.29, 1.82) is 0 Å². The van der Waals surface area contributed by atoms with E-state index < -0.39 is 0 Å². The Morgan fingerprint density at radius 1 is 1.43 bits per heavy atom. The van der Waals surface area contributed by atoms with E-state index >= 15 is 0 Å². The second-order valence-corrected chi connectivity index (χ2v) is 4.01. The molecule has 0 aliphatic rings. The van der Waals surface area contributed by atoms with Gasteiger partial charge in [0.05, 0.1) is 0 Å². The van der Waals surface area contributed by atoms with Crippen LogP contribution in [0.25, 0.3) is 0 Å². The van der Waals surface area contributed by atoms with Crippen molar-refractivity contribution in [3.63, 3.8) is 0 Å². The maximum Gasteiger partial charge on any atom is 0.142 e. The molecule has 0 amide bonds. The third-order valence-corrected chi connectivity index (χ3v) is 3.00. The van der Waals surface area contributed by atoms with Crippen molar-refractivity contribution < 1.29 is 5.11 Å². The Kier molecular flexibility index (Phi) is 4.69. The molecule has 5 heteroatoms. The van der Waals surface area contributed by atoms with Crippen LogP contribution in [0.1, 0.15) is 24.8 Å². The molecule has 0 aliphatic carbocycles. The van der Waals surface area contributed by atoms with E-state index in [4.69, 9.17) is 10.8 Å². The second kappa shape index (κ2) is 5.82. The van der Waals surface area contributed by atoms with Gasteiger partial charge in [0.2, 0.25) is 0 Å². The number of aliphatic hydroxyl groups is 1. The zero-order valence-electron chi connectivity index (χ0n) is 8.42. The number of nitrogen functional groups attached to an aromatic ring is 1. The monoisotopic (exact) mass is 215 g/mol. The molecular weight excluding hydrogens is 198 g/mol. The van der Waals surface area contributed by atoms with Crippen LogP contribution in [0, 0.1) is 6.92 Å². The topological polar surface area (TPSA) is 71.2 Å². The largest absolute Gasteiger partial charge is 0.396 e. The zero-order valence-corrected chi connectivity index (χ0v) is 9.23. The number of anilines is 2. The normalized spacial score (nSPS) is 10.4. The summed E-state index contributed by atoms with van der Waals surface area (Å²) in [4.78, 5) is 0. The van der Waals surface area contributed by atoms with Gasteiger partial charge in [0.15, 0.2) is 0 Å². The number of unbranched alkanes of at least 4 members (excludes halogenated alkanes) is 2. The van der Waals surface area contributed by atoms with Gasteiger partial charge in [-0.1, -0.05) is 0 Å². The van der Waals surface area contributed by atoms with E-state index in [-0.39, 0.29) is 6.61 Å². The molecule has 0 unspecified atom stereocenters. The molecule has 0 radical (unpaired) electrons. The van der Waals surface area contributed by atoms with Crippen LogP contribution >= 0.6 is 11.5 Å². The van der Waals surface area contributed by atoms with Crippen LogP contribution in [0.2, 0.25) is 0 Å². The van der Waals surface area contributed by atoms with Crippen molar-refractivity contribution >= 4 is 22.4 Å². The van der Waals surface area contributed by atoms with Crippen LogP contribution in [0.4, 0.5) is 10.8 Å². The molecular formula is C9H17N3OS. The molecule has 1 heterocycles. The summed E-state index contributed by atoms with van der Waals surface area (Å²) in [6.45, 7) is 3.17. The summed E-state index contributed by atoms with van der Waals surface area (Å²) in [5.41, 5.74) is 6.66. The Labute approximate surface area is 88.3 Å². The van der Waals surface area contributed by atoms with Crippen LogP contribution in [0.15, 0.2) is 0 Å². The number of hydrogen-bond donors (Lipinski definition) is 3. The van der Waals surface area contributed by atoms with Crippen molar-refractivity contribution in [2.24, 2.45) is 0 Å². The quantitative estimate of drug-likeness (QED) is 0.630. The number of nitrogens with one attached hydrogen (secondary N) is 1. The summed E-state index contributed by atoms with van der Waals surface area (Å²) < 4.78 is 4.05. The third kappa shape index (κ3) is 3.16. The molecule has 4 N–H and O–H groups in total. The molecule has 0 spiro atoms. The fourth-order valence-electron chi connectivity index (χ4n) is 1.13. The first-order valence-electron chi connectivity index (χ1n) is 4.82. The van der Waals surface area contributed by atoms with E-state index in [2.05, 4.69) is 9.69 Å². The average Bonchev–Trinajstić information content (AvgIpc) is 2.49. The second-order valence-electron chi connectivity index (χ2n) is 3.23. The summed E-state index contributed by atoms with van der Waals surface area (Å²) in [6.07, 6.45) is 3.00. The van der Waals surface area contributed by atoms with Crippen LogP contribution in [0.3, 0.4) is 0 Å². The predicted octanol–water partition coefficient (Wildman–Crippen LogP) is 1.61. The number of hydrogen-bond acceptors (Lipinski definition) is 5. The highest BCUT2D eigenvalue weighted by Crippen LogP contribution is 2.24. The lowest BCUT2D eigenvalue weighted by atomic mass is 10.2. The Balaban J connectivity index is 2.21. The van der Waals surface area contributed by atoms with E-state index in [0.717, 1.165) is 36.4 Å². The first-order valence-corrected chi connectivity index (χ1v) is 5.59. The van der Waals surface area contributed by atoms with Crippen molar-refractivity contribution in [2.75, 3.05) is 24.2 Å². The Morgan fingerprint density at radius 2 is 2.21 bits per heavy atom. The lowest BCUT2D eigenvalue weighted by Crippen LogP contribution is -2.01. The standard InChI is InChI=1S/C9H17N3OS/c1-7-8(10)12-14-9(7)11-5-3-2-4-6-13/h11,13H,2-6H2,1H3,(H2,10,12). The first kappa shape index (κ1) is 11.3. The molecule has 0 fully saturated rings. The van der Waals surface area contributed by atoms with E-state index in [9.17, 15) is 0 Å². The van der Waals surface area contributed by atoms with Crippen LogP contribution in [-0.4, -0.2) is 22.6 Å². The van der Waals surface area contributed by atoms with E-state index in [1.165, 1.54) is 11.5 Å². The third-order valence-electron chi connectivity index (χ3n) is 2.08. The number of aliphatic hydroxyl groups excluding tert-OH is 1. The highest BCUT2D eigenvalue weighted by Gasteiger charge is 2.04. The minimum Gasteiger partial charge on any atom is -0.396 e. The summed E-state index contributed by atoms with van der Waals surface area (Å²) in [6, 6.07) is 0. The number of aromatic nitrogens is 1. The highest BCUT2D eigenvalue weighted by atomic mass is 32.1. The van der Waals surface area contributed by atoms with Crippen molar-refractivity contribution in [2.45, 2.75) is 26.2 Å². The van der Waals surface area contributed by atoms with E-state index in [0.29, 0.717) is 5.82 Å². The summed E-state index contributed by atoms with van der Waals surface area (Å²) >= 11 is 1.40. The first-order chi connectivity index (χ1) is 6.75. The highest BCUT2D eigenvalue weighted by molar-refractivity contribution is 7.10. The van der Waals surface area contributed by atoms with Crippen LogP contribution in [-0.2, 0) is 0 Å². The summed E-state index contributed by atoms with van der Waals surface area (Å²) in [5.74, 6) is 0.618. The van der Waals surface area contributed by atoms with Gasteiger partial charge in [0.25, 0.3) is 0 Å². The molecule has 1 aromatic rings. The molecule has 0 saturated heterocycles.